The predicted octanol–water partition coefficient (Wildman–Crippen LogP) is 2.35. The molecule has 0 aliphatic carbocycles. The number of nitrogens with one attached hydrogen (secondary N) is 1. The van der Waals surface area contributed by atoms with Crippen molar-refractivity contribution < 1.29 is 13.6 Å². The molecule has 0 aliphatic heterocycles. The third kappa shape index (κ3) is 2.71. The molecule has 0 spiro atoms. The molecule has 5 nitrogen and oxygen atoms in total. The molecule has 0 fully saturated rings. The zero-order valence-corrected chi connectivity index (χ0v) is 10.8. The van der Waals surface area contributed by atoms with Gasteiger partial charge in [-0.3, -0.25) is 4.79 Å². The number of hydrogen-bond acceptors (Lipinski definition) is 3. The fourth-order valence-corrected chi connectivity index (χ4v) is 1.94. The molecule has 1 amide bonds. The van der Waals surface area contributed by atoms with Crippen LogP contribution in [0, 0.1) is 11.6 Å². The summed E-state index contributed by atoms with van der Waals surface area (Å²) in [4.78, 5) is 11.9. The topological polar surface area (TPSA) is 59.8 Å². The van der Waals surface area contributed by atoms with Gasteiger partial charge in [0, 0.05) is 11.8 Å². The summed E-state index contributed by atoms with van der Waals surface area (Å²) < 4.78 is 27.3. The standard InChI is InChI=1S/C14H10F2N4O/c15-10-6-5-9(7-11(10)16)17-14(21)8-20-13-4-2-1-3-12(13)18-19-20/h1-7H,8H2,(H,17,21). The number of carbonyl (C=O) groups is 1. The summed E-state index contributed by atoms with van der Waals surface area (Å²) in [5, 5.41) is 10.3. The zero-order valence-electron chi connectivity index (χ0n) is 10.8. The highest BCUT2D eigenvalue weighted by atomic mass is 19.2. The van der Waals surface area contributed by atoms with Gasteiger partial charge in [-0.15, -0.1) is 5.10 Å². The minimum atomic E-state index is -1.01. The van der Waals surface area contributed by atoms with E-state index in [9.17, 15) is 13.6 Å². The lowest BCUT2D eigenvalue weighted by Gasteiger charge is -2.06. The predicted molar refractivity (Wildman–Crippen MR) is 72.5 cm³/mol. The summed E-state index contributed by atoms with van der Waals surface area (Å²) in [5.74, 6) is -2.38. The summed E-state index contributed by atoms with van der Waals surface area (Å²) in [5.41, 5.74) is 1.58. The maximum atomic E-state index is 13.1. The highest BCUT2D eigenvalue weighted by Gasteiger charge is 2.10. The zero-order chi connectivity index (χ0) is 14.8. The van der Waals surface area contributed by atoms with Crippen LogP contribution >= 0.6 is 0 Å². The lowest BCUT2D eigenvalue weighted by Crippen LogP contribution is -2.19. The first-order valence-electron chi connectivity index (χ1n) is 6.16. The molecular formula is C14H10F2N4O. The molecule has 1 N–H and O–H groups in total. The lowest BCUT2D eigenvalue weighted by atomic mass is 10.3. The number of benzene rings is 2. The SMILES string of the molecule is O=C(Cn1nnc2ccccc21)Nc1ccc(F)c(F)c1. The van der Waals surface area contributed by atoms with Crippen LogP contribution in [0.5, 0.6) is 0 Å². The van der Waals surface area contributed by atoms with E-state index in [1.54, 1.807) is 12.1 Å². The molecule has 1 aromatic heterocycles. The molecule has 3 aromatic rings. The molecule has 106 valence electrons. The number of anilines is 1. The van der Waals surface area contributed by atoms with Gasteiger partial charge in [0.1, 0.15) is 12.1 Å². The summed E-state index contributed by atoms with van der Waals surface area (Å²) >= 11 is 0. The van der Waals surface area contributed by atoms with Crippen molar-refractivity contribution in [2.45, 2.75) is 6.54 Å². The van der Waals surface area contributed by atoms with Crippen molar-refractivity contribution >= 4 is 22.6 Å². The van der Waals surface area contributed by atoms with Gasteiger partial charge >= 0.3 is 0 Å². The van der Waals surface area contributed by atoms with E-state index in [-0.39, 0.29) is 12.2 Å². The van der Waals surface area contributed by atoms with Crippen molar-refractivity contribution in [3.8, 4) is 0 Å². The van der Waals surface area contributed by atoms with E-state index in [0.29, 0.717) is 5.52 Å². The Bertz CT molecular complexity index is 816. The Morgan fingerprint density at radius 1 is 1.14 bits per heavy atom. The van der Waals surface area contributed by atoms with Crippen LogP contribution in [0.4, 0.5) is 14.5 Å². The Kier molecular flexibility index (Phi) is 3.31. The van der Waals surface area contributed by atoms with Crippen molar-refractivity contribution in [1.82, 2.24) is 15.0 Å². The van der Waals surface area contributed by atoms with Crippen LogP contribution in [-0.4, -0.2) is 20.9 Å². The molecule has 0 atom stereocenters. The quantitative estimate of drug-likeness (QED) is 0.804. The highest BCUT2D eigenvalue weighted by Crippen LogP contribution is 2.14. The minimum absolute atomic E-state index is 0.0699. The van der Waals surface area contributed by atoms with E-state index in [1.165, 1.54) is 10.7 Å². The number of para-hydroxylation sites is 1. The van der Waals surface area contributed by atoms with Crippen LogP contribution in [-0.2, 0) is 11.3 Å². The number of nitrogens with zero attached hydrogens (tertiary/aromatic N) is 3. The van der Waals surface area contributed by atoms with Crippen LogP contribution < -0.4 is 5.32 Å². The average molecular weight is 288 g/mol. The van der Waals surface area contributed by atoms with E-state index in [0.717, 1.165) is 17.6 Å². The third-order valence-electron chi connectivity index (χ3n) is 2.92. The number of amides is 1. The molecule has 7 heteroatoms. The Morgan fingerprint density at radius 3 is 2.76 bits per heavy atom. The van der Waals surface area contributed by atoms with Gasteiger partial charge in [-0.05, 0) is 24.3 Å². The van der Waals surface area contributed by atoms with Gasteiger partial charge in [-0.1, -0.05) is 17.3 Å². The van der Waals surface area contributed by atoms with Crippen LogP contribution in [0.25, 0.3) is 11.0 Å². The summed E-state index contributed by atoms with van der Waals surface area (Å²) in [6, 6.07) is 10.4. The second-order valence-corrected chi connectivity index (χ2v) is 4.41. The molecule has 0 saturated carbocycles. The molecule has 0 radical (unpaired) electrons. The van der Waals surface area contributed by atoms with Crippen LogP contribution in [0.1, 0.15) is 0 Å². The maximum Gasteiger partial charge on any atom is 0.246 e. The molecule has 0 aliphatic rings. The molecule has 0 saturated heterocycles. The fourth-order valence-electron chi connectivity index (χ4n) is 1.94. The number of aromatic nitrogens is 3. The molecule has 2 aromatic carbocycles. The molecule has 21 heavy (non-hydrogen) atoms. The second-order valence-electron chi connectivity index (χ2n) is 4.41. The normalized spacial score (nSPS) is 10.8. The third-order valence-corrected chi connectivity index (χ3v) is 2.92. The summed E-state index contributed by atoms with van der Waals surface area (Å²) in [7, 11) is 0. The fraction of sp³-hybridized carbons (Fsp3) is 0.0714. The first-order chi connectivity index (χ1) is 10.1. The second kappa shape index (κ2) is 5.28. The number of halogens is 2. The Balaban J connectivity index is 1.75. The van der Waals surface area contributed by atoms with E-state index in [2.05, 4.69) is 15.6 Å². The van der Waals surface area contributed by atoms with Crippen molar-refractivity contribution in [3.05, 3.63) is 54.1 Å². The van der Waals surface area contributed by atoms with E-state index in [4.69, 9.17) is 0 Å². The molecule has 3 rings (SSSR count). The van der Waals surface area contributed by atoms with Gasteiger partial charge in [0.25, 0.3) is 0 Å². The van der Waals surface area contributed by atoms with Gasteiger partial charge in [-0.25, -0.2) is 13.5 Å². The molecule has 0 bridgehead atoms. The first kappa shape index (κ1) is 13.2. The maximum absolute atomic E-state index is 13.1. The van der Waals surface area contributed by atoms with Crippen LogP contribution in [0.2, 0.25) is 0 Å². The Hall–Kier alpha value is -2.83. The lowest BCUT2D eigenvalue weighted by molar-refractivity contribution is -0.116. The summed E-state index contributed by atoms with van der Waals surface area (Å²) in [6.45, 7) is -0.0699. The monoisotopic (exact) mass is 288 g/mol. The van der Waals surface area contributed by atoms with Crippen LogP contribution in [0.3, 0.4) is 0 Å². The van der Waals surface area contributed by atoms with Gasteiger partial charge in [0.05, 0.1) is 5.52 Å². The van der Waals surface area contributed by atoms with Crippen molar-refractivity contribution in [1.29, 1.82) is 0 Å². The van der Waals surface area contributed by atoms with Crippen molar-refractivity contribution in [2.24, 2.45) is 0 Å². The van der Waals surface area contributed by atoms with Crippen molar-refractivity contribution in [3.63, 3.8) is 0 Å². The van der Waals surface area contributed by atoms with Gasteiger partial charge in [0.15, 0.2) is 11.6 Å². The van der Waals surface area contributed by atoms with Gasteiger partial charge < -0.3 is 5.32 Å². The summed E-state index contributed by atoms with van der Waals surface area (Å²) in [6.07, 6.45) is 0. The number of carbonyl (C=O) groups excluding carboxylic acids is 1. The van der Waals surface area contributed by atoms with Crippen LogP contribution in [0.15, 0.2) is 42.5 Å². The smallest absolute Gasteiger partial charge is 0.246 e. The van der Waals surface area contributed by atoms with E-state index >= 15 is 0 Å². The van der Waals surface area contributed by atoms with Crippen molar-refractivity contribution in [2.75, 3.05) is 5.32 Å². The van der Waals surface area contributed by atoms with E-state index in [1.807, 2.05) is 12.1 Å². The van der Waals surface area contributed by atoms with E-state index < -0.39 is 17.5 Å². The Labute approximate surface area is 118 Å². The average Bonchev–Trinajstić information content (AvgIpc) is 2.86. The van der Waals surface area contributed by atoms with Gasteiger partial charge in [0.2, 0.25) is 5.91 Å². The number of rotatable bonds is 3. The number of hydrogen-bond donors (Lipinski definition) is 1. The first-order valence-corrected chi connectivity index (χ1v) is 6.16. The Morgan fingerprint density at radius 2 is 1.95 bits per heavy atom. The molecular weight excluding hydrogens is 278 g/mol. The largest absolute Gasteiger partial charge is 0.324 e. The van der Waals surface area contributed by atoms with Gasteiger partial charge in [-0.2, -0.15) is 0 Å². The minimum Gasteiger partial charge on any atom is -0.324 e. The molecule has 1 heterocycles. The highest BCUT2D eigenvalue weighted by molar-refractivity contribution is 5.91. The molecule has 0 unspecified atom stereocenters. The number of fused-ring (bicyclic) bond motifs is 1.